The number of nitrogens with zero attached hydrogens (tertiary/aromatic N) is 4. The summed E-state index contributed by atoms with van der Waals surface area (Å²) in [6.07, 6.45) is 1.49. The molecule has 19 heavy (non-hydrogen) atoms. The first kappa shape index (κ1) is 15.5. The van der Waals surface area contributed by atoms with Crippen LogP contribution in [0.2, 0.25) is 0 Å². The highest BCUT2D eigenvalue weighted by Gasteiger charge is 2.16. The number of anilines is 2. The predicted octanol–water partition coefficient (Wildman–Crippen LogP) is 1.09. The van der Waals surface area contributed by atoms with E-state index in [9.17, 15) is 0 Å². The molecule has 0 bridgehead atoms. The SMILES string of the molecule is COc1ncnc(N(CCN(C)C)CC(C)C)c1N. The van der Waals surface area contributed by atoms with Crippen molar-refractivity contribution in [3.05, 3.63) is 6.33 Å². The Kier molecular flexibility index (Phi) is 5.82. The van der Waals surface area contributed by atoms with Gasteiger partial charge >= 0.3 is 0 Å². The predicted molar refractivity (Wildman–Crippen MR) is 78.6 cm³/mol. The third kappa shape index (κ3) is 4.55. The molecule has 0 aliphatic carbocycles. The van der Waals surface area contributed by atoms with Crippen LogP contribution in [0.15, 0.2) is 6.33 Å². The molecular weight excluding hydrogens is 242 g/mol. The van der Waals surface area contributed by atoms with Gasteiger partial charge in [0.15, 0.2) is 5.82 Å². The zero-order chi connectivity index (χ0) is 14.4. The summed E-state index contributed by atoms with van der Waals surface area (Å²) in [6.45, 7) is 7.07. The van der Waals surface area contributed by atoms with E-state index in [1.807, 2.05) is 0 Å². The summed E-state index contributed by atoms with van der Waals surface area (Å²) < 4.78 is 5.15. The van der Waals surface area contributed by atoms with Crippen molar-refractivity contribution in [1.82, 2.24) is 14.9 Å². The van der Waals surface area contributed by atoms with Crippen LogP contribution >= 0.6 is 0 Å². The highest BCUT2D eigenvalue weighted by atomic mass is 16.5. The van der Waals surface area contributed by atoms with Gasteiger partial charge in [-0.15, -0.1) is 0 Å². The number of hydrogen-bond acceptors (Lipinski definition) is 6. The largest absolute Gasteiger partial charge is 0.479 e. The van der Waals surface area contributed by atoms with Crippen LogP contribution in [-0.4, -0.2) is 55.7 Å². The van der Waals surface area contributed by atoms with Crippen LogP contribution in [0, 0.1) is 5.92 Å². The molecule has 0 spiro atoms. The van der Waals surface area contributed by atoms with Gasteiger partial charge in [-0.3, -0.25) is 0 Å². The standard InChI is InChI=1S/C13H25N5O/c1-10(2)8-18(7-6-17(3)4)12-11(14)13(19-5)16-9-15-12/h9-10H,6-8,14H2,1-5H3. The summed E-state index contributed by atoms with van der Waals surface area (Å²) >= 11 is 0. The molecule has 0 unspecified atom stereocenters. The lowest BCUT2D eigenvalue weighted by molar-refractivity contribution is 0.397. The Balaban J connectivity index is 2.95. The van der Waals surface area contributed by atoms with E-state index in [0.717, 1.165) is 25.5 Å². The summed E-state index contributed by atoms with van der Waals surface area (Å²) in [5.74, 6) is 1.72. The van der Waals surface area contributed by atoms with Crippen LogP contribution < -0.4 is 15.4 Å². The number of nitrogen functional groups attached to an aromatic ring is 1. The minimum atomic E-state index is 0.434. The summed E-state index contributed by atoms with van der Waals surface area (Å²) in [5.41, 5.74) is 6.58. The maximum Gasteiger partial charge on any atom is 0.242 e. The van der Waals surface area contributed by atoms with E-state index < -0.39 is 0 Å². The Labute approximate surface area is 115 Å². The second-order valence-corrected chi connectivity index (χ2v) is 5.26. The number of ether oxygens (including phenoxy) is 1. The van der Waals surface area contributed by atoms with Gasteiger partial charge in [-0.1, -0.05) is 13.8 Å². The molecule has 0 aliphatic heterocycles. The maximum atomic E-state index is 6.07. The molecule has 0 radical (unpaired) electrons. The molecule has 0 atom stereocenters. The Hall–Kier alpha value is -1.56. The van der Waals surface area contributed by atoms with E-state index >= 15 is 0 Å². The fourth-order valence-electron chi connectivity index (χ4n) is 1.83. The Morgan fingerprint density at radius 1 is 1.26 bits per heavy atom. The molecule has 108 valence electrons. The highest BCUT2D eigenvalue weighted by molar-refractivity contribution is 5.67. The van der Waals surface area contributed by atoms with Crippen molar-refractivity contribution in [2.45, 2.75) is 13.8 Å². The quantitative estimate of drug-likeness (QED) is 0.797. The third-order valence-electron chi connectivity index (χ3n) is 2.72. The summed E-state index contributed by atoms with van der Waals surface area (Å²) in [7, 11) is 5.67. The molecule has 0 saturated heterocycles. The van der Waals surface area contributed by atoms with Crippen LogP contribution in [0.25, 0.3) is 0 Å². The number of hydrogen-bond donors (Lipinski definition) is 1. The van der Waals surface area contributed by atoms with Gasteiger partial charge in [0.1, 0.15) is 12.0 Å². The Morgan fingerprint density at radius 3 is 2.47 bits per heavy atom. The van der Waals surface area contributed by atoms with E-state index in [0.29, 0.717) is 17.5 Å². The van der Waals surface area contributed by atoms with Crippen LogP contribution in [0.3, 0.4) is 0 Å². The highest BCUT2D eigenvalue weighted by Crippen LogP contribution is 2.27. The van der Waals surface area contributed by atoms with E-state index in [2.05, 4.69) is 47.7 Å². The first-order valence-corrected chi connectivity index (χ1v) is 6.49. The molecule has 2 N–H and O–H groups in total. The topological polar surface area (TPSA) is 67.5 Å². The van der Waals surface area contributed by atoms with Gasteiger partial charge in [-0.2, -0.15) is 4.98 Å². The summed E-state index contributed by atoms with van der Waals surface area (Å²) in [6, 6.07) is 0. The summed E-state index contributed by atoms with van der Waals surface area (Å²) in [5, 5.41) is 0. The van der Waals surface area contributed by atoms with Crippen molar-refractivity contribution >= 4 is 11.5 Å². The number of aromatic nitrogens is 2. The van der Waals surface area contributed by atoms with Crippen molar-refractivity contribution in [3.63, 3.8) is 0 Å². The van der Waals surface area contributed by atoms with Crippen molar-refractivity contribution in [1.29, 1.82) is 0 Å². The van der Waals surface area contributed by atoms with E-state index in [1.54, 1.807) is 7.11 Å². The number of nitrogens with two attached hydrogens (primary N) is 1. The van der Waals surface area contributed by atoms with E-state index in [-0.39, 0.29) is 0 Å². The fourth-order valence-corrected chi connectivity index (χ4v) is 1.83. The molecule has 6 nitrogen and oxygen atoms in total. The molecule has 0 fully saturated rings. The van der Waals surface area contributed by atoms with Gasteiger partial charge in [0, 0.05) is 19.6 Å². The van der Waals surface area contributed by atoms with Crippen LogP contribution in [0.5, 0.6) is 5.88 Å². The minimum absolute atomic E-state index is 0.434. The zero-order valence-electron chi connectivity index (χ0n) is 12.6. The van der Waals surface area contributed by atoms with Crippen molar-refractivity contribution in [2.24, 2.45) is 5.92 Å². The van der Waals surface area contributed by atoms with Gasteiger partial charge in [-0.05, 0) is 20.0 Å². The second kappa shape index (κ2) is 7.13. The molecule has 0 aliphatic rings. The normalized spacial score (nSPS) is 11.1. The van der Waals surface area contributed by atoms with Crippen LogP contribution in [0.4, 0.5) is 11.5 Å². The van der Waals surface area contributed by atoms with Gasteiger partial charge in [0.2, 0.25) is 5.88 Å². The molecule has 1 rings (SSSR count). The van der Waals surface area contributed by atoms with E-state index in [4.69, 9.17) is 10.5 Å². The molecule has 0 amide bonds. The first-order valence-electron chi connectivity index (χ1n) is 6.49. The van der Waals surface area contributed by atoms with Crippen molar-refractivity contribution < 1.29 is 4.74 Å². The molecule has 1 aromatic heterocycles. The lowest BCUT2D eigenvalue weighted by Crippen LogP contribution is -2.35. The average molecular weight is 267 g/mol. The number of methoxy groups -OCH3 is 1. The smallest absolute Gasteiger partial charge is 0.242 e. The zero-order valence-corrected chi connectivity index (χ0v) is 12.6. The van der Waals surface area contributed by atoms with Gasteiger partial charge in [-0.25, -0.2) is 4.98 Å². The second-order valence-electron chi connectivity index (χ2n) is 5.26. The fraction of sp³-hybridized carbons (Fsp3) is 0.692. The van der Waals surface area contributed by atoms with Gasteiger partial charge in [0.25, 0.3) is 0 Å². The molecule has 1 heterocycles. The number of likely N-dealkylation sites (N-methyl/N-ethyl adjacent to an activating group) is 1. The molecule has 6 heteroatoms. The molecule has 0 aromatic carbocycles. The third-order valence-corrected chi connectivity index (χ3v) is 2.72. The van der Waals surface area contributed by atoms with Gasteiger partial charge in [0.05, 0.1) is 7.11 Å². The lowest BCUT2D eigenvalue weighted by Gasteiger charge is -2.28. The Bertz CT molecular complexity index is 395. The molecular formula is C13H25N5O. The van der Waals surface area contributed by atoms with E-state index in [1.165, 1.54) is 6.33 Å². The minimum Gasteiger partial charge on any atom is -0.479 e. The molecule has 1 aromatic rings. The van der Waals surface area contributed by atoms with Crippen LogP contribution in [0.1, 0.15) is 13.8 Å². The monoisotopic (exact) mass is 267 g/mol. The number of rotatable bonds is 7. The summed E-state index contributed by atoms with van der Waals surface area (Å²) in [4.78, 5) is 12.7. The lowest BCUT2D eigenvalue weighted by atomic mass is 10.2. The average Bonchev–Trinajstić information content (AvgIpc) is 2.34. The van der Waals surface area contributed by atoms with Gasteiger partial charge < -0.3 is 20.3 Å². The Morgan fingerprint density at radius 2 is 1.95 bits per heavy atom. The van der Waals surface area contributed by atoms with Crippen molar-refractivity contribution in [3.8, 4) is 5.88 Å². The van der Waals surface area contributed by atoms with Crippen molar-refractivity contribution in [2.75, 3.05) is 51.5 Å². The maximum absolute atomic E-state index is 6.07. The first-order chi connectivity index (χ1) is 8.95. The molecule has 0 saturated carbocycles. The van der Waals surface area contributed by atoms with Crippen LogP contribution in [-0.2, 0) is 0 Å².